The number of hydrogen-bond donors (Lipinski definition) is 2. The van der Waals surface area contributed by atoms with Crippen molar-refractivity contribution in [2.24, 2.45) is 0 Å². The number of imide groups is 1. The second-order valence-electron chi connectivity index (χ2n) is 9.75. The summed E-state index contributed by atoms with van der Waals surface area (Å²) < 4.78 is 1.20. The summed E-state index contributed by atoms with van der Waals surface area (Å²) in [6, 6.07) is 10.1. The molecule has 2 heterocycles. The molecular formula is C29H39N3O5. The normalized spacial score (nSPS) is 12.7. The van der Waals surface area contributed by atoms with Crippen molar-refractivity contribution in [3.8, 4) is 0 Å². The summed E-state index contributed by atoms with van der Waals surface area (Å²) in [5.41, 5.74) is 1.52. The maximum Gasteiger partial charge on any atom is 0.323 e. The maximum absolute atomic E-state index is 12.4. The average Bonchev–Trinajstić information content (AvgIpc) is 3.12. The topological polar surface area (TPSA) is 109 Å². The minimum absolute atomic E-state index is 0.155. The molecule has 0 unspecified atom stereocenters. The Bertz CT molecular complexity index is 1080. The van der Waals surface area contributed by atoms with Gasteiger partial charge >= 0.3 is 5.97 Å². The number of benzene rings is 1. The average molecular weight is 510 g/mol. The van der Waals surface area contributed by atoms with Gasteiger partial charge in [0.2, 0.25) is 0 Å². The molecule has 1 aliphatic heterocycles. The third-order valence-electron chi connectivity index (χ3n) is 6.80. The number of amides is 2. The molecule has 37 heavy (non-hydrogen) atoms. The third kappa shape index (κ3) is 8.88. The summed E-state index contributed by atoms with van der Waals surface area (Å²) in [6.07, 6.45) is 15.5. The van der Waals surface area contributed by atoms with Gasteiger partial charge in [0.15, 0.2) is 0 Å². The predicted molar refractivity (Wildman–Crippen MR) is 144 cm³/mol. The van der Waals surface area contributed by atoms with Crippen LogP contribution < -0.4 is 10.9 Å². The molecule has 0 atom stereocenters. The molecule has 0 spiro atoms. The number of carboxylic acids is 1. The Kier molecular flexibility index (Phi) is 11.4. The van der Waals surface area contributed by atoms with Crippen molar-refractivity contribution in [3.63, 3.8) is 0 Å². The largest absolute Gasteiger partial charge is 0.480 e. The second kappa shape index (κ2) is 15.0. The van der Waals surface area contributed by atoms with E-state index in [1.165, 1.54) is 60.5 Å². The van der Waals surface area contributed by atoms with Crippen LogP contribution in [0.2, 0.25) is 0 Å². The Morgan fingerprint density at radius 1 is 0.703 bits per heavy atom. The van der Waals surface area contributed by atoms with Gasteiger partial charge in [0.05, 0.1) is 16.8 Å². The Labute approximate surface area is 218 Å². The molecule has 0 saturated carbocycles. The first-order valence-electron chi connectivity index (χ1n) is 13.6. The van der Waals surface area contributed by atoms with E-state index >= 15 is 0 Å². The van der Waals surface area contributed by atoms with Crippen LogP contribution in [-0.2, 0) is 11.3 Å². The highest BCUT2D eigenvalue weighted by Gasteiger charge is 2.34. The highest BCUT2D eigenvalue weighted by Crippen LogP contribution is 2.23. The van der Waals surface area contributed by atoms with Crippen LogP contribution >= 0.6 is 0 Å². The van der Waals surface area contributed by atoms with Crippen LogP contribution in [0.25, 0.3) is 0 Å². The molecule has 3 rings (SSSR count). The molecule has 0 bridgehead atoms. The lowest BCUT2D eigenvalue weighted by Gasteiger charge is -2.13. The molecule has 200 valence electrons. The lowest BCUT2D eigenvalue weighted by molar-refractivity contribution is -0.137. The van der Waals surface area contributed by atoms with E-state index in [1.807, 2.05) is 0 Å². The van der Waals surface area contributed by atoms with E-state index in [0.29, 0.717) is 17.7 Å². The lowest BCUT2D eigenvalue weighted by atomic mass is 10.0. The van der Waals surface area contributed by atoms with Crippen molar-refractivity contribution < 1.29 is 19.5 Å². The van der Waals surface area contributed by atoms with Crippen molar-refractivity contribution in [2.75, 3.05) is 18.4 Å². The number of aliphatic carboxylic acids is 1. The standard InChI is InChI=1S/C29H39N3O5/c33-26-18-17-23(21-31(26)22-27(34)35)30-19-13-9-7-5-3-1-2-4-6-8-10-14-20-32-28(36)24-15-11-12-16-25(24)29(32)37/h11-12,15-18,21,30H,1-10,13-14,19-20,22H2,(H,34,35). The first-order chi connectivity index (χ1) is 18.0. The third-order valence-corrected chi connectivity index (χ3v) is 6.80. The Hall–Kier alpha value is -3.42. The van der Waals surface area contributed by atoms with Gasteiger partial charge in [-0.3, -0.25) is 24.1 Å². The van der Waals surface area contributed by atoms with Gasteiger partial charge in [-0.1, -0.05) is 76.3 Å². The number of nitrogens with one attached hydrogen (secondary N) is 1. The van der Waals surface area contributed by atoms with E-state index in [9.17, 15) is 19.2 Å². The van der Waals surface area contributed by atoms with Crippen LogP contribution in [0.15, 0.2) is 47.4 Å². The van der Waals surface area contributed by atoms with Crippen molar-refractivity contribution >= 4 is 23.5 Å². The van der Waals surface area contributed by atoms with E-state index in [2.05, 4.69) is 5.32 Å². The van der Waals surface area contributed by atoms with Gasteiger partial charge in [-0.05, 0) is 31.0 Å². The zero-order valence-electron chi connectivity index (χ0n) is 21.6. The molecular weight excluding hydrogens is 470 g/mol. The fraction of sp³-hybridized carbons (Fsp3) is 0.517. The maximum atomic E-state index is 12.4. The summed E-state index contributed by atoms with van der Waals surface area (Å²) in [4.78, 5) is 48.6. The number of carbonyl (C=O) groups excluding carboxylic acids is 2. The summed E-state index contributed by atoms with van der Waals surface area (Å²) in [6.45, 7) is 0.990. The summed E-state index contributed by atoms with van der Waals surface area (Å²) in [7, 11) is 0. The Balaban J connectivity index is 1.11. The molecule has 8 heteroatoms. The molecule has 0 aliphatic carbocycles. The van der Waals surface area contributed by atoms with E-state index < -0.39 is 5.97 Å². The first kappa shape index (κ1) is 28.2. The van der Waals surface area contributed by atoms with Crippen LogP contribution in [0.5, 0.6) is 0 Å². The summed E-state index contributed by atoms with van der Waals surface area (Å²) in [5, 5.41) is 12.1. The van der Waals surface area contributed by atoms with Gasteiger partial charge in [0.25, 0.3) is 17.4 Å². The molecule has 1 aromatic heterocycles. The van der Waals surface area contributed by atoms with Gasteiger partial charge in [-0.15, -0.1) is 0 Å². The highest BCUT2D eigenvalue weighted by atomic mass is 16.4. The minimum atomic E-state index is -1.03. The highest BCUT2D eigenvalue weighted by molar-refractivity contribution is 6.21. The number of rotatable bonds is 18. The quantitative estimate of drug-likeness (QED) is 0.208. The van der Waals surface area contributed by atoms with Gasteiger partial charge in [-0.2, -0.15) is 0 Å². The number of hydrogen-bond acceptors (Lipinski definition) is 5. The molecule has 2 amide bonds. The van der Waals surface area contributed by atoms with Crippen LogP contribution in [0.3, 0.4) is 0 Å². The number of anilines is 1. The zero-order valence-corrected chi connectivity index (χ0v) is 21.6. The van der Waals surface area contributed by atoms with Crippen molar-refractivity contribution in [2.45, 2.75) is 83.6 Å². The number of aromatic nitrogens is 1. The number of fused-ring (bicyclic) bond motifs is 1. The fourth-order valence-electron chi connectivity index (χ4n) is 4.74. The number of carboxylic acid groups (broad SMARTS) is 1. The Morgan fingerprint density at radius 2 is 1.22 bits per heavy atom. The SMILES string of the molecule is O=C(O)Cn1cc(NCCCCCCCCCCCCCCN2C(=O)c3ccccc3C2=O)ccc1=O. The van der Waals surface area contributed by atoms with E-state index in [-0.39, 0.29) is 23.9 Å². The zero-order chi connectivity index (χ0) is 26.5. The van der Waals surface area contributed by atoms with Crippen molar-refractivity contribution in [1.82, 2.24) is 9.47 Å². The van der Waals surface area contributed by atoms with Crippen LogP contribution in [-0.4, -0.2) is 45.4 Å². The molecule has 1 aliphatic rings. The number of nitrogens with zero attached hydrogens (tertiary/aromatic N) is 2. The molecule has 0 saturated heterocycles. The van der Waals surface area contributed by atoms with Crippen LogP contribution in [0.4, 0.5) is 5.69 Å². The molecule has 2 N–H and O–H groups in total. The van der Waals surface area contributed by atoms with Crippen molar-refractivity contribution in [1.29, 1.82) is 0 Å². The van der Waals surface area contributed by atoms with Crippen LogP contribution in [0, 0.1) is 0 Å². The molecule has 0 radical (unpaired) electrons. The van der Waals surface area contributed by atoms with E-state index in [4.69, 9.17) is 5.11 Å². The number of unbranched alkanes of at least 4 members (excludes halogenated alkanes) is 11. The fourth-order valence-corrected chi connectivity index (χ4v) is 4.74. The predicted octanol–water partition coefficient (Wildman–Crippen LogP) is 5.32. The smallest absolute Gasteiger partial charge is 0.323 e. The molecule has 2 aromatic rings. The first-order valence-corrected chi connectivity index (χ1v) is 13.6. The molecule has 1 aromatic carbocycles. The van der Waals surface area contributed by atoms with Gasteiger partial charge in [-0.25, -0.2) is 0 Å². The van der Waals surface area contributed by atoms with Crippen LogP contribution in [0.1, 0.15) is 97.8 Å². The molecule has 8 nitrogen and oxygen atoms in total. The monoisotopic (exact) mass is 509 g/mol. The summed E-state index contributed by atoms with van der Waals surface area (Å²) >= 11 is 0. The van der Waals surface area contributed by atoms with Gasteiger partial charge in [0, 0.05) is 25.4 Å². The number of carbonyl (C=O) groups is 3. The van der Waals surface area contributed by atoms with Crippen molar-refractivity contribution in [3.05, 3.63) is 64.1 Å². The minimum Gasteiger partial charge on any atom is -0.480 e. The summed E-state index contributed by atoms with van der Waals surface area (Å²) in [5.74, 6) is -1.34. The van der Waals surface area contributed by atoms with E-state index in [0.717, 1.165) is 44.3 Å². The second-order valence-corrected chi connectivity index (χ2v) is 9.75. The van der Waals surface area contributed by atoms with Gasteiger partial charge < -0.3 is 15.0 Å². The molecule has 0 fully saturated rings. The van der Waals surface area contributed by atoms with E-state index in [1.54, 1.807) is 36.5 Å². The van der Waals surface area contributed by atoms with Gasteiger partial charge in [0.1, 0.15) is 6.54 Å². The Morgan fingerprint density at radius 3 is 1.76 bits per heavy atom. The lowest BCUT2D eigenvalue weighted by Crippen LogP contribution is -2.30. The number of pyridine rings is 1.